The van der Waals surface area contributed by atoms with Crippen molar-refractivity contribution in [1.29, 1.82) is 0 Å². The second-order valence-electron chi connectivity index (χ2n) is 16.2. The molecule has 0 saturated carbocycles. The molecular weight excluding hydrogens is 882 g/mol. The number of hydrogen-bond donors (Lipinski definition) is 13. The molecule has 366 valence electrons. The van der Waals surface area contributed by atoms with Crippen molar-refractivity contribution in [3.8, 4) is 0 Å². The van der Waals surface area contributed by atoms with Gasteiger partial charge in [-0.05, 0) is 31.7 Å². The first-order valence-corrected chi connectivity index (χ1v) is 22.0. The van der Waals surface area contributed by atoms with Crippen molar-refractivity contribution in [1.82, 2.24) is 0 Å². The molecule has 0 aromatic heterocycles. The van der Waals surface area contributed by atoms with Crippen LogP contribution in [0.15, 0.2) is 30.3 Å². The van der Waals surface area contributed by atoms with E-state index in [1.807, 2.05) is 0 Å². The topological polar surface area (TPSA) is 378 Å². The molecule has 5 fully saturated rings. The molecule has 0 bridgehead atoms. The van der Waals surface area contributed by atoms with Crippen LogP contribution >= 0.6 is 11.8 Å². The Balaban J connectivity index is 1.35. The highest BCUT2D eigenvalue weighted by Gasteiger charge is 2.57. The zero-order valence-corrected chi connectivity index (χ0v) is 35.8. The average Bonchev–Trinajstić information content (AvgIpc) is 3.29. The Labute approximate surface area is 371 Å². The molecule has 0 spiro atoms. The fraction of sp³-hybridized carbons (Fsp3) is 0.821. The van der Waals surface area contributed by atoms with Crippen molar-refractivity contribution >= 4 is 17.7 Å². The van der Waals surface area contributed by atoms with E-state index in [0.29, 0.717) is 5.75 Å². The molecule has 5 heterocycles. The fourth-order valence-corrected chi connectivity index (χ4v) is 9.05. The highest BCUT2D eigenvalue weighted by molar-refractivity contribution is 7.99. The zero-order chi connectivity index (χ0) is 46.7. The Bertz CT molecular complexity index is 1610. The number of aliphatic hydroxyl groups excluding tert-OH is 12. The largest absolute Gasteiger partial charge is 0.452 e. The van der Waals surface area contributed by atoms with Gasteiger partial charge in [-0.15, -0.1) is 11.8 Å². The normalized spacial score (nSPS) is 47.8. The summed E-state index contributed by atoms with van der Waals surface area (Å²) in [6.45, 7) is 1.99. The van der Waals surface area contributed by atoms with Gasteiger partial charge in [-0.2, -0.15) is 0 Å². The summed E-state index contributed by atoms with van der Waals surface area (Å²) in [6, 6.07) is 6.25. The Morgan fingerprint density at radius 3 is 1.59 bits per heavy atom. The summed E-state index contributed by atoms with van der Waals surface area (Å²) in [4.78, 5) is 13.4. The fourth-order valence-electron chi connectivity index (χ4n) is 8.10. The lowest BCUT2D eigenvalue weighted by atomic mass is 9.94. The summed E-state index contributed by atoms with van der Waals surface area (Å²) in [5.74, 6) is -0.406. The van der Waals surface area contributed by atoms with Crippen molar-refractivity contribution in [3.63, 3.8) is 0 Å². The first-order valence-electron chi connectivity index (χ1n) is 20.9. The Morgan fingerprint density at radius 1 is 0.547 bits per heavy atom. The zero-order valence-electron chi connectivity index (χ0n) is 35.0. The number of benzene rings is 1. The molecule has 0 amide bonds. The van der Waals surface area contributed by atoms with Crippen LogP contribution in [0.5, 0.6) is 0 Å². The van der Waals surface area contributed by atoms with E-state index in [1.165, 1.54) is 37.7 Å². The van der Waals surface area contributed by atoms with Crippen LogP contribution in [-0.2, 0) is 47.4 Å². The molecule has 5 saturated heterocycles. The summed E-state index contributed by atoms with van der Waals surface area (Å²) < 4.78 is 59.8. The number of thioether (sulfide) groups is 1. The van der Waals surface area contributed by atoms with Gasteiger partial charge in [0.1, 0.15) is 103 Å². The summed E-state index contributed by atoms with van der Waals surface area (Å²) in [7, 11) is 0. The van der Waals surface area contributed by atoms with Crippen LogP contribution in [0.1, 0.15) is 31.1 Å². The van der Waals surface area contributed by atoms with E-state index in [2.05, 4.69) is 0 Å². The minimum Gasteiger partial charge on any atom is -0.452 e. The lowest BCUT2D eigenvalue weighted by molar-refractivity contribution is -0.395. The Kier molecular flexibility index (Phi) is 18.1. The van der Waals surface area contributed by atoms with E-state index in [1.54, 1.807) is 25.1 Å². The summed E-state index contributed by atoms with van der Waals surface area (Å²) >= 11 is 1.17. The first-order chi connectivity index (χ1) is 30.4. The lowest BCUT2D eigenvalue weighted by Crippen LogP contribution is -2.70. The van der Waals surface area contributed by atoms with Crippen molar-refractivity contribution in [3.05, 3.63) is 35.9 Å². The third-order valence-corrected chi connectivity index (χ3v) is 12.9. The van der Waals surface area contributed by atoms with Crippen LogP contribution in [0.25, 0.3) is 0 Å². The quantitative estimate of drug-likeness (QED) is 0.0728. The Hall–Kier alpha value is -1.84. The third-order valence-electron chi connectivity index (χ3n) is 11.9. The minimum atomic E-state index is -1.98. The SMILES string of the molecule is CCS[C@@H]1OC(CO)C(O)[C@H](O[C@@H]2OC(CO)C(O[C@@H]3OC(CO)C(O)[C@H](O)C3OC3OC(C)[C@H](O)[C@@H](O)[C@@H]3O)[C@H](O[C@@H]3OC(C)C(O)[C@@H](O)C3O)C2N)C1OC(=O)c1ccccc1. The van der Waals surface area contributed by atoms with Crippen LogP contribution in [0.2, 0.25) is 0 Å². The van der Waals surface area contributed by atoms with Gasteiger partial charge < -0.3 is 114 Å². The predicted octanol–water partition coefficient (Wildman–Crippen LogP) is -6.28. The molecule has 5 aliphatic heterocycles. The predicted molar refractivity (Wildman–Crippen MR) is 211 cm³/mol. The number of ether oxygens (including phenoxy) is 10. The van der Waals surface area contributed by atoms with Crippen molar-refractivity contribution in [2.24, 2.45) is 5.73 Å². The molecule has 25 atom stereocenters. The van der Waals surface area contributed by atoms with E-state index in [0.717, 1.165) is 0 Å². The molecule has 6 rings (SSSR count). The molecule has 25 heteroatoms. The van der Waals surface area contributed by atoms with Gasteiger partial charge in [0.05, 0.1) is 43.6 Å². The van der Waals surface area contributed by atoms with Crippen LogP contribution in [-0.4, -0.2) is 245 Å². The van der Waals surface area contributed by atoms with Crippen LogP contribution in [0.4, 0.5) is 0 Å². The van der Waals surface area contributed by atoms with E-state index in [9.17, 15) is 66.1 Å². The summed E-state index contributed by atoms with van der Waals surface area (Å²) in [6.07, 6.45) is -38.3. The molecule has 14 unspecified atom stereocenters. The molecule has 0 radical (unpaired) electrons. The molecule has 5 aliphatic rings. The molecule has 1 aromatic carbocycles. The van der Waals surface area contributed by atoms with Gasteiger partial charge in [0.2, 0.25) is 0 Å². The maximum atomic E-state index is 13.4. The maximum absolute atomic E-state index is 13.4. The highest BCUT2D eigenvalue weighted by Crippen LogP contribution is 2.38. The average molecular weight is 944 g/mol. The summed E-state index contributed by atoms with van der Waals surface area (Å²) in [5, 5.41) is 129. The second kappa shape index (κ2) is 22.5. The van der Waals surface area contributed by atoms with Crippen LogP contribution < -0.4 is 5.73 Å². The van der Waals surface area contributed by atoms with Crippen molar-refractivity contribution < 1.29 is 113 Å². The smallest absolute Gasteiger partial charge is 0.338 e. The molecule has 1 aromatic rings. The molecule has 14 N–H and O–H groups in total. The van der Waals surface area contributed by atoms with Gasteiger partial charge >= 0.3 is 5.97 Å². The minimum absolute atomic E-state index is 0.147. The van der Waals surface area contributed by atoms with Crippen LogP contribution in [0.3, 0.4) is 0 Å². The van der Waals surface area contributed by atoms with E-state index < -0.39 is 178 Å². The van der Waals surface area contributed by atoms with Crippen molar-refractivity contribution in [2.45, 2.75) is 173 Å². The van der Waals surface area contributed by atoms with E-state index in [-0.39, 0.29) is 5.56 Å². The van der Waals surface area contributed by atoms with Gasteiger partial charge in [-0.25, -0.2) is 4.79 Å². The van der Waals surface area contributed by atoms with E-state index >= 15 is 0 Å². The summed E-state index contributed by atoms with van der Waals surface area (Å²) in [5.41, 5.74) is 5.96. The van der Waals surface area contributed by atoms with Gasteiger partial charge in [-0.1, -0.05) is 25.1 Å². The first kappa shape index (κ1) is 51.5. The van der Waals surface area contributed by atoms with Crippen LogP contribution in [0, 0.1) is 0 Å². The number of aliphatic hydroxyl groups is 12. The number of hydrogen-bond acceptors (Lipinski definition) is 25. The number of carbonyl (C=O) groups excluding carboxylic acids is 1. The second-order valence-corrected chi connectivity index (χ2v) is 17.6. The van der Waals surface area contributed by atoms with E-state index in [4.69, 9.17) is 53.1 Å². The van der Waals surface area contributed by atoms with Gasteiger partial charge in [0.15, 0.2) is 31.3 Å². The Morgan fingerprint density at radius 2 is 1.05 bits per heavy atom. The highest BCUT2D eigenvalue weighted by atomic mass is 32.2. The van der Waals surface area contributed by atoms with Gasteiger partial charge in [0.25, 0.3) is 0 Å². The molecule has 0 aliphatic carbocycles. The molecule has 24 nitrogen and oxygen atoms in total. The monoisotopic (exact) mass is 943 g/mol. The number of carbonyl (C=O) groups is 1. The number of nitrogens with two attached hydrogens (primary N) is 1. The number of esters is 1. The van der Waals surface area contributed by atoms with Crippen molar-refractivity contribution in [2.75, 3.05) is 25.6 Å². The lowest BCUT2D eigenvalue weighted by Gasteiger charge is -2.51. The third kappa shape index (κ3) is 10.9. The molecular formula is C39H61NO23S. The number of rotatable bonds is 15. The maximum Gasteiger partial charge on any atom is 0.338 e. The molecule has 64 heavy (non-hydrogen) atoms. The standard InChI is InChI=1S/C39H61NO23S/c1-4-64-39-33(59-34(53)15-8-6-5-7-9-15)31(23(47)17(11-42)58-39)62-35-19(40)30(61-36-27(51)24(48)20(44)13(2)54-36)29(18(12-43)57-35)60-38-32(26(50)22(46)16(10-41)56-38)63-37-28(52)25(49)21(45)14(3)55-37/h5-9,13-14,16-33,35-39,41-52H,4,10-12,40H2,1-3H3/t13?,14?,16?,17?,18?,19?,20?,21-,22?,23?,24+,25+,26-,27?,28-,29?,30+,31-,32?,33?,35-,36-,37?,38-,39-/m0/s1. The van der Waals surface area contributed by atoms with Gasteiger partial charge in [-0.3, -0.25) is 0 Å². The van der Waals surface area contributed by atoms with Gasteiger partial charge in [0, 0.05) is 0 Å².